The second kappa shape index (κ2) is 7.70. The fourth-order valence-corrected chi connectivity index (χ4v) is 2.23. The molecular formula is C16H18N2OS. The van der Waals surface area contributed by atoms with E-state index in [1.807, 2.05) is 48.7 Å². The molecule has 3 nitrogen and oxygen atoms in total. The molecule has 1 aromatic carbocycles. The minimum atomic E-state index is -0.314. The van der Waals surface area contributed by atoms with Gasteiger partial charge in [0.2, 0.25) is 5.91 Å². The van der Waals surface area contributed by atoms with Gasteiger partial charge in [0.05, 0.1) is 5.25 Å². The van der Waals surface area contributed by atoms with Crippen LogP contribution in [0.25, 0.3) is 0 Å². The van der Waals surface area contributed by atoms with Crippen LogP contribution in [0.15, 0.2) is 54.9 Å². The molecule has 2 aromatic rings. The number of nitrogens with zero attached hydrogens (tertiary/aromatic N) is 1. The van der Waals surface area contributed by atoms with Gasteiger partial charge in [-0.15, -0.1) is 0 Å². The van der Waals surface area contributed by atoms with Crippen LogP contribution in [-0.2, 0) is 17.6 Å². The molecule has 0 spiro atoms. The van der Waals surface area contributed by atoms with Crippen LogP contribution in [0.3, 0.4) is 0 Å². The average Bonchev–Trinajstić information content (AvgIpc) is 2.49. The summed E-state index contributed by atoms with van der Waals surface area (Å²) in [5.74, 6) is -0.0268. The van der Waals surface area contributed by atoms with Crippen LogP contribution in [0.4, 0.5) is 0 Å². The van der Waals surface area contributed by atoms with E-state index in [-0.39, 0.29) is 11.2 Å². The maximum Gasteiger partial charge on any atom is 0.233 e. The second-order valence-electron chi connectivity index (χ2n) is 4.61. The number of aromatic nitrogens is 1. The van der Waals surface area contributed by atoms with E-state index in [1.165, 1.54) is 0 Å². The molecule has 0 saturated carbocycles. The molecule has 1 heterocycles. The van der Waals surface area contributed by atoms with E-state index in [1.54, 1.807) is 6.20 Å². The Balaban J connectivity index is 1.74. The van der Waals surface area contributed by atoms with E-state index >= 15 is 0 Å². The number of rotatable bonds is 6. The fourth-order valence-electron chi connectivity index (χ4n) is 1.92. The number of hydrogen-bond donors (Lipinski definition) is 2. The molecule has 1 amide bonds. The quantitative estimate of drug-likeness (QED) is 0.800. The van der Waals surface area contributed by atoms with E-state index in [0.717, 1.165) is 17.5 Å². The van der Waals surface area contributed by atoms with Crippen molar-refractivity contribution >= 4 is 18.5 Å². The standard InChI is InChI=1S/C16H18N2OS/c19-16(15(20)11-13-5-2-1-3-6-13)18-10-8-14-7-4-9-17-12-14/h1-7,9,12,15,20H,8,10-11H2,(H,18,19). The molecule has 0 bridgehead atoms. The Hall–Kier alpha value is -1.81. The maximum absolute atomic E-state index is 11.9. The molecule has 0 radical (unpaired) electrons. The number of pyridine rings is 1. The van der Waals surface area contributed by atoms with Crippen molar-refractivity contribution in [1.29, 1.82) is 0 Å². The largest absolute Gasteiger partial charge is 0.355 e. The topological polar surface area (TPSA) is 42.0 Å². The third-order valence-electron chi connectivity index (χ3n) is 3.01. The molecule has 0 aliphatic carbocycles. The third kappa shape index (κ3) is 4.70. The van der Waals surface area contributed by atoms with E-state index in [0.29, 0.717) is 13.0 Å². The summed E-state index contributed by atoms with van der Waals surface area (Å²) in [7, 11) is 0. The van der Waals surface area contributed by atoms with Gasteiger partial charge in [-0.05, 0) is 30.0 Å². The Bertz CT molecular complexity index is 531. The molecular weight excluding hydrogens is 268 g/mol. The fraction of sp³-hybridized carbons (Fsp3) is 0.250. The van der Waals surface area contributed by atoms with E-state index in [4.69, 9.17) is 0 Å². The molecule has 2 rings (SSSR count). The smallest absolute Gasteiger partial charge is 0.233 e. The lowest BCUT2D eigenvalue weighted by Crippen LogP contribution is -2.34. The highest BCUT2D eigenvalue weighted by Crippen LogP contribution is 2.07. The van der Waals surface area contributed by atoms with Crippen LogP contribution < -0.4 is 5.32 Å². The summed E-state index contributed by atoms with van der Waals surface area (Å²) in [6, 6.07) is 13.8. The van der Waals surface area contributed by atoms with Crippen molar-refractivity contribution in [3.63, 3.8) is 0 Å². The van der Waals surface area contributed by atoms with E-state index in [2.05, 4.69) is 22.9 Å². The van der Waals surface area contributed by atoms with Crippen molar-refractivity contribution in [3.05, 3.63) is 66.0 Å². The monoisotopic (exact) mass is 286 g/mol. The van der Waals surface area contributed by atoms with E-state index < -0.39 is 0 Å². The molecule has 0 fully saturated rings. The zero-order chi connectivity index (χ0) is 14.2. The Morgan fingerprint density at radius 2 is 1.90 bits per heavy atom. The third-order valence-corrected chi connectivity index (χ3v) is 3.43. The first-order valence-electron chi connectivity index (χ1n) is 6.64. The summed E-state index contributed by atoms with van der Waals surface area (Å²) >= 11 is 4.37. The predicted octanol–water partition coefficient (Wildman–Crippen LogP) is 2.28. The van der Waals surface area contributed by atoms with Gasteiger partial charge >= 0.3 is 0 Å². The summed E-state index contributed by atoms with van der Waals surface area (Å²) < 4.78 is 0. The zero-order valence-electron chi connectivity index (χ0n) is 11.2. The number of benzene rings is 1. The van der Waals surface area contributed by atoms with Gasteiger partial charge in [0.25, 0.3) is 0 Å². The van der Waals surface area contributed by atoms with Crippen molar-refractivity contribution < 1.29 is 4.79 Å². The SMILES string of the molecule is O=C(NCCc1cccnc1)C(S)Cc1ccccc1. The number of nitrogens with one attached hydrogen (secondary N) is 1. The minimum Gasteiger partial charge on any atom is -0.355 e. The van der Waals surface area contributed by atoms with Crippen LogP contribution in [0.2, 0.25) is 0 Å². The Kier molecular flexibility index (Phi) is 5.62. The minimum absolute atomic E-state index is 0.0268. The second-order valence-corrected chi connectivity index (χ2v) is 5.23. The number of carbonyl (C=O) groups is 1. The van der Waals surface area contributed by atoms with Crippen molar-refractivity contribution in [2.24, 2.45) is 0 Å². The van der Waals surface area contributed by atoms with Gasteiger partial charge in [-0.1, -0.05) is 36.4 Å². The van der Waals surface area contributed by atoms with Gasteiger partial charge < -0.3 is 5.32 Å². The van der Waals surface area contributed by atoms with Crippen molar-refractivity contribution in [3.8, 4) is 0 Å². The van der Waals surface area contributed by atoms with Gasteiger partial charge in [-0.25, -0.2) is 0 Å². The lowest BCUT2D eigenvalue weighted by atomic mass is 10.1. The number of amides is 1. The van der Waals surface area contributed by atoms with Gasteiger partial charge in [-0.3, -0.25) is 9.78 Å². The first kappa shape index (κ1) is 14.6. The number of carbonyl (C=O) groups excluding carboxylic acids is 1. The lowest BCUT2D eigenvalue weighted by molar-refractivity contribution is -0.120. The number of hydrogen-bond acceptors (Lipinski definition) is 3. The summed E-state index contributed by atoms with van der Waals surface area (Å²) in [6.07, 6.45) is 4.98. The van der Waals surface area contributed by atoms with Gasteiger partial charge in [0.15, 0.2) is 0 Å². The summed E-state index contributed by atoms with van der Waals surface area (Å²) in [5.41, 5.74) is 2.24. The molecule has 20 heavy (non-hydrogen) atoms. The van der Waals surface area contributed by atoms with Crippen LogP contribution in [0, 0.1) is 0 Å². The van der Waals surface area contributed by atoms with Crippen molar-refractivity contribution in [2.75, 3.05) is 6.54 Å². The summed E-state index contributed by atoms with van der Waals surface area (Å²) in [5, 5.41) is 2.59. The molecule has 0 aliphatic heterocycles. The van der Waals surface area contributed by atoms with Crippen LogP contribution in [0.1, 0.15) is 11.1 Å². The van der Waals surface area contributed by atoms with Crippen LogP contribution in [0.5, 0.6) is 0 Å². The molecule has 104 valence electrons. The Morgan fingerprint density at radius 3 is 2.60 bits per heavy atom. The molecule has 0 aliphatic rings. The molecule has 0 saturated heterocycles. The zero-order valence-corrected chi connectivity index (χ0v) is 12.1. The van der Waals surface area contributed by atoms with Crippen LogP contribution in [-0.4, -0.2) is 22.7 Å². The molecule has 1 unspecified atom stereocenters. The predicted molar refractivity (Wildman–Crippen MR) is 83.9 cm³/mol. The Morgan fingerprint density at radius 1 is 1.15 bits per heavy atom. The first-order chi connectivity index (χ1) is 9.75. The maximum atomic E-state index is 11.9. The summed E-state index contributed by atoms with van der Waals surface area (Å²) in [6.45, 7) is 0.608. The summed E-state index contributed by atoms with van der Waals surface area (Å²) in [4.78, 5) is 16.0. The Labute approximate surface area is 124 Å². The van der Waals surface area contributed by atoms with Gasteiger partial charge in [0, 0.05) is 18.9 Å². The molecule has 1 atom stereocenters. The lowest BCUT2D eigenvalue weighted by Gasteiger charge is -2.11. The van der Waals surface area contributed by atoms with Crippen molar-refractivity contribution in [1.82, 2.24) is 10.3 Å². The van der Waals surface area contributed by atoms with Gasteiger partial charge in [-0.2, -0.15) is 12.6 Å². The van der Waals surface area contributed by atoms with E-state index in [9.17, 15) is 4.79 Å². The molecule has 1 N–H and O–H groups in total. The molecule has 1 aromatic heterocycles. The normalized spacial score (nSPS) is 11.8. The highest BCUT2D eigenvalue weighted by Gasteiger charge is 2.13. The number of thiol groups is 1. The van der Waals surface area contributed by atoms with Crippen molar-refractivity contribution in [2.45, 2.75) is 18.1 Å². The highest BCUT2D eigenvalue weighted by atomic mass is 32.1. The highest BCUT2D eigenvalue weighted by molar-refractivity contribution is 7.81. The average molecular weight is 286 g/mol. The first-order valence-corrected chi connectivity index (χ1v) is 7.16. The molecule has 4 heteroatoms. The van der Waals surface area contributed by atoms with Gasteiger partial charge in [0.1, 0.15) is 0 Å². The van der Waals surface area contributed by atoms with Crippen LogP contribution >= 0.6 is 12.6 Å².